The van der Waals surface area contributed by atoms with Crippen LogP contribution in [0.3, 0.4) is 0 Å². The molecule has 144 valence electrons. The maximum atomic E-state index is 12.3. The summed E-state index contributed by atoms with van der Waals surface area (Å²) >= 11 is 0. The number of nitrogens with zero attached hydrogens (tertiary/aromatic N) is 3. The second-order valence-electron chi connectivity index (χ2n) is 8.27. The molecule has 0 unspecified atom stereocenters. The predicted octanol–water partition coefficient (Wildman–Crippen LogP) is 2.59. The van der Waals surface area contributed by atoms with E-state index in [9.17, 15) is 4.79 Å². The second kappa shape index (κ2) is 8.35. The molecule has 2 aliphatic heterocycles. The van der Waals surface area contributed by atoms with Gasteiger partial charge in [0.05, 0.1) is 18.8 Å². The van der Waals surface area contributed by atoms with Crippen molar-refractivity contribution < 1.29 is 14.3 Å². The van der Waals surface area contributed by atoms with Gasteiger partial charge in [0.1, 0.15) is 11.4 Å². The van der Waals surface area contributed by atoms with Crippen LogP contribution in [-0.4, -0.2) is 67.4 Å². The van der Waals surface area contributed by atoms with Crippen LogP contribution in [0.2, 0.25) is 0 Å². The van der Waals surface area contributed by atoms with E-state index in [4.69, 9.17) is 9.47 Å². The molecule has 0 bridgehead atoms. The standard InChI is InChI=1S/C20H31N3O3/c1-20(2,3)26-19(24)17-6-7-21-18(13-17)23-8-4-5-16(15-23)14-22-9-11-25-12-10-22/h6-7,13,16H,4-5,8-12,14-15H2,1-3H3/t16-/m1/s1. The second-order valence-corrected chi connectivity index (χ2v) is 8.27. The molecule has 2 saturated heterocycles. The summed E-state index contributed by atoms with van der Waals surface area (Å²) < 4.78 is 10.9. The number of hydrogen-bond donors (Lipinski definition) is 0. The summed E-state index contributed by atoms with van der Waals surface area (Å²) in [6, 6.07) is 3.60. The molecular formula is C20H31N3O3. The summed E-state index contributed by atoms with van der Waals surface area (Å²) in [5.41, 5.74) is 0.0785. The van der Waals surface area contributed by atoms with Crippen LogP contribution in [0.25, 0.3) is 0 Å². The van der Waals surface area contributed by atoms with E-state index in [1.807, 2.05) is 26.8 Å². The van der Waals surface area contributed by atoms with Crippen LogP contribution in [-0.2, 0) is 9.47 Å². The lowest BCUT2D eigenvalue weighted by molar-refractivity contribution is 0.00694. The van der Waals surface area contributed by atoms with Crippen LogP contribution in [0.1, 0.15) is 44.0 Å². The van der Waals surface area contributed by atoms with Crippen LogP contribution >= 0.6 is 0 Å². The fraction of sp³-hybridized carbons (Fsp3) is 0.700. The number of rotatable bonds is 4. The van der Waals surface area contributed by atoms with Gasteiger partial charge in [-0.05, 0) is 51.7 Å². The fourth-order valence-corrected chi connectivity index (χ4v) is 3.63. The molecule has 1 aromatic heterocycles. The molecule has 2 aliphatic rings. The molecule has 3 heterocycles. The molecule has 0 aliphatic carbocycles. The van der Waals surface area contributed by atoms with Crippen LogP contribution in [0.5, 0.6) is 0 Å². The molecule has 0 aromatic carbocycles. The Hall–Kier alpha value is -1.66. The number of pyridine rings is 1. The summed E-state index contributed by atoms with van der Waals surface area (Å²) in [7, 11) is 0. The van der Waals surface area contributed by atoms with E-state index in [0.717, 1.165) is 58.2 Å². The number of ether oxygens (including phenoxy) is 2. The lowest BCUT2D eigenvalue weighted by Crippen LogP contribution is -2.44. The molecule has 26 heavy (non-hydrogen) atoms. The van der Waals surface area contributed by atoms with Crippen molar-refractivity contribution in [2.75, 3.05) is 50.8 Å². The van der Waals surface area contributed by atoms with Gasteiger partial charge in [-0.2, -0.15) is 0 Å². The van der Waals surface area contributed by atoms with E-state index in [0.29, 0.717) is 11.5 Å². The zero-order chi connectivity index (χ0) is 18.6. The minimum absolute atomic E-state index is 0.289. The van der Waals surface area contributed by atoms with Crippen LogP contribution < -0.4 is 4.90 Å². The number of piperidine rings is 1. The molecular weight excluding hydrogens is 330 g/mol. The molecule has 6 nitrogen and oxygen atoms in total. The average Bonchev–Trinajstić information content (AvgIpc) is 2.61. The Bertz CT molecular complexity index is 609. The maximum Gasteiger partial charge on any atom is 0.338 e. The number of aromatic nitrogens is 1. The fourth-order valence-electron chi connectivity index (χ4n) is 3.63. The minimum Gasteiger partial charge on any atom is -0.456 e. The van der Waals surface area contributed by atoms with Gasteiger partial charge in [0.2, 0.25) is 0 Å². The summed E-state index contributed by atoms with van der Waals surface area (Å²) in [6.45, 7) is 12.5. The monoisotopic (exact) mass is 361 g/mol. The maximum absolute atomic E-state index is 12.3. The first-order chi connectivity index (χ1) is 12.4. The van der Waals surface area contributed by atoms with Crippen molar-refractivity contribution in [3.63, 3.8) is 0 Å². The normalized spacial score (nSPS) is 22.3. The van der Waals surface area contributed by atoms with Gasteiger partial charge in [0.25, 0.3) is 0 Å². The van der Waals surface area contributed by atoms with Crippen molar-refractivity contribution in [3.8, 4) is 0 Å². The van der Waals surface area contributed by atoms with E-state index in [1.165, 1.54) is 6.42 Å². The smallest absolute Gasteiger partial charge is 0.338 e. The van der Waals surface area contributed by atoms with Gasteiger partial charge in [-0.25, -0.2) is 9.78 Å². The van der Waals surface area contributed by atoms with E-state index in [1.54, 1.807) is 12.3 Å². The molecule has 0 amide bonds. The molecule has 1 atom stereocenters. The van der Waals surface area contributed by atoms with Gasteiger partial charge in [0.15, 0.2) is 0 Å². The lowest BCUT2D eigenvalue weighted by atomic mass is 9.97. The van der Waals surface area contributed by atoms with Crippen LogP contribution in [0.4, 0.5) is 5.82 Å². The van der Waals surface area contributed by atoms with E-state index in [-0.39, 0.29) is 5.97 Å². The third kappa shape index (κ3) is 5.42. The average molecular weight is 361 g/mol. The van der Waals surface area contributed by atoms with Crippen molar-refractivity contribution in [2.45, 2.75) is 39.2 Å². The van der Waals surface area contributed by atoms with Crippen molar-refractivity contribution in [3.05, 3.63) is 23.9 Å². The van der Waals surface area contributed by atoms with Gasteiger partial charge < -0.3 is 14.4 Å². The summed E-state index contributed by atoms with van der Waals surface area (Å²) in [5, 5.41) is 0. The van der Waals surface area contributed by atoms with Crippen LogP contribution in [0, 0.1) is 5.92 Å². The van der Waals surface area contributed by atoms with Crippen LogP contribution in [0.15, 0.2) is 18.3 Å². The number of carbonyl (C=O) groups excluding carboxylic acids is 1. The Balaban J connectivity index is 1.62. The zero-order valence-corrected chi connectivity index (χ0v) is 16.2. The Morgan fingerprint density at radius 2 is 2.08 bits per heavy atom. The highest BCUT2D eigenvalue weighted by Crippen LogP contribution is 2.24. The molecule has 1 aromatic rings. The third-order valence-electron chi connectivity index (χ3n) is 4.84. The highest BCUT2D eigenvalue weighted by molar-refractivity contribution is 5.90. The summed E-state index contributed by atoms with van der Waals surface area (Å²) in [4.78, 5) is 21.7. The number of esters is 1. The number of anilines is 1. The van der Waals surface area contributed by atoms with Gasteiger partial charge in [-0.15, -0.1) is 0 Å². The van der Waals surface area contributed by atoms with Crippen molar-refractivity contribution >= 4 is 11.8 Å². The number of morpholine rings is 1. The van der Waals surface area contributed by atoms with E-state index < -0.39 is 5.60 Å². The first kappa shape index (κ1) is 19.1. The molecule has 0 radical (unpaired) electrons. The predicted molar refractivity (Wildman–Crippen MR) is 102 cm³/mol. The highest BCUT2D eigenvalue weighted by Gasteiger charge is 2.25. The Kier molecular flexibility index (Phi) is 6.14. The van der Waals surface area contributed by atoms with E-state index in [2.05, 4.69) is 14.8 Å². The summed E-state index contributed by atoms with van der Waals surface area (Å²) in [6.07, 6.45) is 4.12. The van der Waals surface area contributed by atoms with E-state index >= 15 is 0 Å². The molecule has 0 spiro atoms. The molecule has 2 fully saturated rings. The Morgan fingerprint density at radius 3 is 2.81 bits per heavy atom. The van der Waals surface area contributed by atoms with Gasteiger partial charge in [-0.3, -0.25) is 4.90 Å². The summed E-state index contributed by atoms with van der Waals surface area (Å²) in [5.74, 6) is 1.22. The number of hydrogen-bond acceptors (Lipinski definition) is 6. The Labute approximate surface area is 156 Å². The minimum atomic E-state index is -0.491. The van der Waals surface area contributed by atoms with Gasteiger partial charge in [0, 0.05) is 38.9 Å². The topological polar surface area (TPSA) is 54.9 Å². The first-order valence-corrected chi connectivity index (χ1v) is 9.65. The third-order valence-corrected chi connectivity index (χ3v) is 4.84. The zero-order valence-electron chi connectivity index (χ0n) is 16.2. The lowest BCUT2D eigenvalue weighted by Gasteiger charge is -2.37. The molecule has 3 rings (SSSR count). The van der Waals surface area contributed by atoms with Crippen molar-refractivity contribution in [1.82, 2.24) is 9.88 Å². The highest BCUT2D eigenvalue weighted by atomic mass is 16.6. The largest absolute Gasteiger partial charge is 0.456 e. The molecule has 0 saturated carbocycles. The quantitative estimate of drug-likeness (QED) is 0.769. The molecule has 6 heteroatoms. The van der Waals surface area contributed by atoms with Gasteiger partial charge in [-0.1, -0.05) is 0 Å². The van der Waals surface area contributed by atoms with Crippen molar-refractivity contribution in [1.29, 1.82) is 0 Å². The first-order valence-electron chi connectivity index (χ1n) is 9.65. The molecule has 0 N–H and O–H groups in total. The van der Waals surface area contributed by atoms with Crippen molar-refractivity contribution in [2.24, 2.45) is 5.92 Å². The van der Waals surface area contributed by atoms with Gasteiger partial charge >= 0.3 is 5.97 Å². The SMILES string of the molecule is CC(C)(C)OC(=O)c1ccnc(N2CCC[C@H](CN3CCOCC3)C2)c1. The number of carbonyl (C=O) groups is 1. The Morgan fingerprint density at radius 1 is 1.31 bits per heavy atom.